The normalized spacial score (nSPS) is 29.4. The molecule has 11 atom stereocenters. The molecular formula is C48H51IO10. The smallest absolute Gasteiger partial charge is 0.186 e. The number of ether oxygens (including phenoxy) is 10. The molecule has 5 aromatic rings. The number of methoxy groups -OCH3 is 1. The fourth-order valence-electron chi connectivity index (χ4n) is 7.67. The van der Waals surface area contributed by atoms with Crippen LogP contribution in [0.3, 0.4) is 0 Å². The molecule has 0 aliphatic carbocycles. The van der Waals surface area contributed by atoms with Crippen LogP contribution in [0.2, 0.25) is 0 Å². The molecule has 0 spiro atoms. The highest BCUT2D eigenvalue weighted by molar-refractivity contribution is 14.1. The molecule has 0 radical (unpaired) electrons. The lowest BCUT2D eigenvalue weighted by molar-refractivity contribution is -0.387. The van der Waals surface area contributed by atoms with E-state index in [0.29, 0.717) is 26.4 Å². The van der Waals surface area contributed by atoms with Crippen molar-refractivity contribution in [3.05, 3.63) is 179 Å². The Bertz CT molecular complexity index is 1950. The van der Waals surface area contributed by atoms with Gasteiger partial charge in [0.05, 0.1) is 43.6 Å². The third-order valence-corrected chi connectivity index (χ3v) is 12.0. The summed E-state index contributed by atoms with van der Waals surface area (Å²) in [4.78, 5) is 0. The van der Waals surface area contributed by atoms with Gasteiger partial charge in [0.2, 0.25) is 0 Å². The third-order valence-electron chi connectivity index (χ3n) is 10.7. The van der Waals surface area contributed by atoms with Crippen LogP contribution in [0.1, 0.15) is 34.1 Å². The number of halogens is 1. The van der Waals surface area contributed by atoms with Gasteiger partial charge in [-0.25, -0.2) is 0 Å². The second kappa shape index (κ2) is 21.3. The SMILES string of the molecule is CO[C@H]1O[C@@H]2CO[C@@H](c3ccccc3)O[C@H]2[C@H](OCc2ccccc2)[C@H]1O[C@@H]1O[C@H](COCc2ccccc2)[C@H](OCc2ccccc2)[C@@H](OCc2ccccc2)[C@H]1I. The quantitative estimate of drug-likeness (QED) is 0.0670. The Morgan fingerprint density at radius 2 is 1.02 bits per heavy atom. The third kappa shape index (κ3) is 11.0. The lowest BCUT2D eigenvalue weighted by atomic mass is 9.96. The van der Waals surface area contributed by atoms with Gasteiger partial charge in [0.1, 0.15) is 42.7 Å². The van der Waals surface area contributed by atoms with E-state index in [1.54, 1.807) is 7.11 Å². The molecule has 0 aromatic heterocycles. The van der Waals surface area contributed by atoms with Crippen molar-refractivity contribution >= 4 is 22.6 Å². The maximum Gasteiger partial charge on any atom is 0.186 e. The van der Waals surface area contributed by atoms with Crippen molar-refractivity contribution in [3.8, 4) is 0 Å². The summed E-state index contributed by atoms with van der Waals surface area (Å²) < 4.78 is 66.0. The van der Waals surface area contributed by atoms with Gasteiger partial charge in [0.25, 0.3) is 0 Å². The predicted molar refractivity (Wildman–Crippen MR) is 228 cm³/mol. The van der Waals surface area contributed by atoms with Crippen molar-refractivity contribution in [1.29, 1.82) is 0 Å². The van der Waals surface area contributed by atoms with Crippen molar-refractivity contribution in [2.24, 2.45) is 0 Å². The molecule has 0 bridgehead atoms. The largest absolute Gasteiger partial charge is 0.374 e. The molecule has 3 saturated heterocycles. The predicted octanol–water partition coefficient (Wildman–Crippen LogP) is 8.36. The topological polar surface area (TPSA) is 92.3 Å². The minimum atomic E-state index is -0.826. The average molecular weight is 915 g/mol. The maximum atomic E-state index is 7.11. The highest BCUT2D eigenvalue weighted by atomic mass is 127. The molecule has 310 valence electrons. The Morgan fingerprint density at radius 3 is 1.56 bits per heavy atom. The molecule has 0 N–H and O–H groups in total. The first-order chi connectivity index (χ1) is 29.1. The average Bonchev–Trinajstić information content (AvgIpc) is 3.30. The van der Waals surface area contributed by atoms with Crippen molar-refractivity contribution in [2.45, 2.75) is 92.0 Å². The Morgan fingerprint density at radius 1 is 0.525 bits per heavy atom. The molecule has 3 aliphatic rings. The van der Waals surface area contributed by atoms with Gasteiger partial charge in [-0.15, -0.1) is 0 Å². The fraction of sp³-hybridized carbons (Fsp3) is 0.375. The summed E-state index contributed by atoms with van der Waals surface area (Å²) in [5.41, 5.74) is 5.06. The number of benzene rings is 5. The van der Waals surface area contributed by atoms with E-state index in [2.05, 4.69) is 46.9 Å². The van der Waals surface area contributed by atoms with Gasteiger partial charge >= 0.3 is 0 Å². The molecule has 3 fully saturated rings. The summed E-state index contributed by atoms with van der Waals surface area (Å²) in [6.45, 7) is 1.98. The highest BCUT2D eigenvalue weighted by Crippen LogP contribution is 2.40. The van der Waals surface area contributed by atoms with Crippen molar-refractivity contribution in [1.82, 2.24) is 0 Å². The number of rotatable bonds is 17. The zero-order valence-corrected chi connectivity index (χ0v) is 35.1. The van der Waals surface area contributed by atoms with E-state index in [-0.39, 0.29) is 17.1 Å². The number of hydrogen-bond acceptors (Lipinski definition) is 10. The monoisotopic (exact) mass is 914 g/mol. The van der Waals surface area contributed by atoms with Crippen LogP contribution in [0.25, 0.3) is 0 Å². The molecule has 3 aliphatic heterocycles. The fourth-order valence-corrected chi connectivity index (χ4v) is 8.63. The van der Waals surface area contributed by atoms with Crippen LogP contribution >= 0.6 is 22.6 Å². The van der Waals surface area contributed by atoms with Crippen LogP contribution in [0.4, 0.5) is 0 Å². The van der Waals surface area contributed by atoms with Crippen LogP contribution in [0, 0.1) is 0 Å². The van der Waals surface area contributed by atoms with Crippen LogP contribution in [-0.2, 0) is 73.8 Å². The van der Waals surface area contributed by atoms with Crippen LogP contribution in [0.5, 0.6) is 0 Å². The molecule has 59 heavy (non-hydrogen) atoms. The Hall–Kier alpha value is -3.57. The van der Waals surface area contributed by atoms with E-state index in [9.17, 15) is 0 Å². The van der Waals surface area contributed by atoms with Gasteiger partial charge in [0.15, 0.2) is 18.9 Å². The second-order valence-electron chi connectivity index (χ2n) is 14.8. The summed E-state index contributed by atoms with van der Waals surface area (Å²) >= 11 is 2.38. The van der Waals surface area contributed by atoms with Gasteiger partial charge in [-0.1, -0.05) is 174 Å². The van der Waals surface area contributed by atoms with Crippen LogP contribution < -0.4 is 0 Å². The Labute approximate surface area is 360 Å². The lowest BCUT2D eigenvalue weighted by Gasteiger charge is -2.51. The Kier molecular flexibility index (Phi) is 15.2. The summed E-state index contributed by atoms with van der Waals surface area (Å²) in [6, 6.07) is 50.3. The molecule has 10 nitrogen and oxygen atoms in total. The zero-order chi connectivity index (χ0) is 40.2. The minimum absolute atomic E-state index is 0.232. The summed E-state index contributed by atoms with van der Waals surface area (Å²) in [5, 5.41) is 0. The Balaban J connectivity index is 1.09. The van der Waals surface area contributed by atoms with Crippen molar-refractivity contribution in [2.75, 3.05) is 20.3 Å². The summed E-state index contributed by atoms with van der Waals surface area (Å²) in [7, 11) is 1.61. The van der Waals surface area contributed by atoms with Crippen molar-refractivity contribution in [3.63, 3.8) is 0 Å². The number of hydrogen-bond donors (Lipinski definition) is 0. The van der Waals surface area contributed by atoms with E-state index >= 15 is 0 Å². The standard InChI is InChI=1S/C48H51IO10/c1-50-48-45(44(54-30-36-23-13-5-14-24-36)42-39(57-48)32-55-46(58-42)37-25-15-6-16-26-37)59-47-40(49)43(53-29-35-21-11-4-12-22-35)41(52-28-34-19-9-3-10-20-34)38(56-47)31-51-27-33-17-7-2-8-18-33/h2-26,38-48H,27-32H2,1H3/t38-,39-,40-,41+,42-,43+,44+,45-,46-,47+,48+/m1/s1. The van der Waals surface area contributed by atoms with E-state index in [1.807, 2.05) is 127 Å². The van der Waals surface area contributed by atoms with Crippen molar-refractivity contribution < 1.29 is 47.4 Å². The van der Waals surface area contributed by atoms with Gasteiger partial charge in [0, 0.05) is 12.7 Å². The first kappa shape index (κ1) is 42.1. The highest BCUT2D eigenvalue weighted by Gasteiger charge is 2.55. The van der Waals surface area contributed by atoms with Gasteiger partial charge < -0.3 is 47.4 Å². The van der Waals surface area contributed by atoms with Gasteiger partial charge in [-0.05, 0) is 22.3 Å². The lowest BCUT2D eigenvalue weighted by Crippen LogP contribution is -2.66. The summed E-state index contributed by atoms with van der Waals surface area (Å²) in [6.07, 6.45) is -6.22. The maximum absolute atomic E-state index is 7.11. The molecule has 0 amide bonds. The van der Waals surface area contributed by atoms with Crippen LogP contribution in [-0.4, -0.2) is 79.6 Å². The molecule has 5 aromatic carbocycles. The molecule has 3 heterocycles. The zero-order valence-electron chi connectivity index (χ0n) is 33.0. The molecule has 0 unspecified atom stereocenters. The van der Waals surface area contributed by atoms with E-state index in [0.717, 1.165) is 27.8 Å². The van der Waals surface area contributed by atoms with Gasteiger partial charge in [-0.2, -0.15) is 0 Å². The van der Waals surface area contributed by atoms with Gasteiger partial charge in [-0.3, -0.25) is 0 Å². The van der Waals surface area contributed by atoms with E-state index in [4.69, 9.17) is 47.4 Å². The first-order valence-electron chi connectivity index (χ1n) is 20.2. The molecule has 11 heteroatoms. The minimum Gasteiger partial charge on any atom is -0.374 e. The first-order valence-corrected chi connectivity index (χ1v) is 21.4. The molecule has 0 saturated carbocycles. The number of fused-ring (bicyclic) bond motifs is 1. The number of alkyl halides is 1. The van der Waals surface area contributed by atoms with Crippen LogP contribution in [0.15, 0.2) is 152 Å². The summed E-state index contributed by atoms with van der Waals surface area (Å²) in [5.74, 6) is 0. The van der Waals surface area contributed by atoms with E-state index in [1.165, 1.54) is 0 Å². The van der Waals surface area contributed by atoms with E-state index < -0.39 is 61.6 Å². The second-order valence-corrected chi connectivity index (χ2v) is 16.3. The molecule has 8 rings (SSSR count). The molecular weight excluding hydrogens is 863 g/mol.